The maximum atomic E-state index is 12.7. The molecule has 1 aliphatic heterocycles. The number of carbonyl (C=O) groups excluding carboxylic acids is 1. The zero-order valence-electron chi connectivity index (χ0n) is 17.7. The van der Waals surface area contributed by atoms with Crippen LogP contribution in [0.15, 0.2) is 46.5 Å². The van der Waals surface area contributed by atoms with Crippen LogP contribution in [0.1, 0.15) is 44.2 Å². The van der Waals surface area contributed by atoms with Crippen molar-refractivity contribution in [2.75, 3.05) is 5.75 Å². The summed E-state index contributed by atoms with van der Waals surface area (Å²) in [6, 6.07) is 9.81. The van der Waals surface area contributed by atoms with E-state index in [1.54, 1.807) is 12.2 Å². The van der Waals surface area contributed by atoms with Crippen LogP contribution in [0.3, 0.4) is 0 Å². The number of ketones is 1. The van der Waals surface area contributed by atoms with E-state index >= 15 is 0 Å². The molecular weight excluding hydrogens is 432 g/mol. The van der Waals surface area contributed by atoms with E-state index in [-0.39, 0.29) is 22.9 Å². The number of nitrogens with zero attached hydrogens (tertiary/aromatic N) is 2. The molecule has 3 aliphatic rings. The van der Waals surface area contributed by atoms with Crippen molar-refractivity contribution in [2.24, 2.45) is 21.9 Å². The van der Waals surface area contributed by atoms with Crippen LogP contribution >= 0.6 is 11.8 Å². The molecule has 2 bridgehead atoms. The molecule has 0 amide bonds. The van der Waals surface area contributed by atoms with Crippen LogP contribution in [-0.2, 0) is 19.2 Å². The number of benzene rings is 1. The van der Waals surface area contributed by atoms with Crippen molar-refractivity contribution in [3.05, 3.63) is 52.4 Å². The molecule has 2 unspecified atom stereocenters. The second-order valence-electron chi connectivity index (χ2n) is 8.97. The van der Waals surface area contributed by atoms with Crippen molar-refractivity contribution < 1.29 is 17.5 Å². The number of rotatable bonds is 5. The van der Waals surface area contributed by atoms with E-state index < -0.39 is 15.5 Å². The quantitative estimate of drug-likeness (QED) is 0.475. The maximum Gasteiger partial charge on any atom is 0.329 e. The molecule has 1 heterocycles. The number of nitriles is 1. The Balaban J connectivity index is 1.51. The first kappa shape index (κ1) is 21.8. The van der Waals surface area contributed by atoms with Gasteiger partial charge in [-0.2, -0.15) is 13.7 Å². The molecule has 1 aromatic carbocycles. The Morgan fingerprint density at radius 3 is 2.68 bits per heavy atom. The summed E-state index contributed by atoms with van der Waals surface area (Å²) in [5.74, 6) is -0.0951. The smallest absolute Gasteiger partial charge is 0.299 e. The van der Waals surface area contributed by atoms with E-state index in [0.717, 1.165) is 17.5 Å². The fraction of sp³-hybridized carbons (Fsp3) is 0.435. The fourth-order valence-corrected chi connectivity index (χ4v) is 7.55. The lowest BCUT2D eigenvalue weighted by Crippen LogP contribution is -2.42. The minimum atomic E-state index is -4.04. The summed E-state index contributed by atoms with van der Waals surface area (Å²) in [6.45, 7) is 5.90. The second-order valence-corrected chi connectivity index (χ2v) is 11.6. The highest BCUT2D eigenvalue weighted by molar-refractivity contribution is 8.18. The lowest BCUT2D eigenvalue weighted by Gasteiger charge is -2.35. The van der Waals surface area contributed by atoms with Gasteiger partial charge >= 0.3 is 10.1 Å². The van der Waals surface area contributed by atoms with Crippen molar-refractivity contribution in [3.8, 4) is 6.07 Å². The molecule has 2 aliphatic carbocycles. The van der Waals surface area contributed by atoms with Gasteiger partial charge in [0, 0.05) is 11.3 Å². The summed E-state index contributed by atoms with van der Waals surface area (Å²) in [6.07, 6.45) is 5.24. The Morgan fingerprint density at radius 2 is 2.06 bits per heavy atom. The second kappa shape index (κ2) is 7.64. The number of hydrogen-bond acceptors (Lipinski definition) is 7. The minimum absolute atomic E-state index is 0.0193. The van der Waals surface area contributed by atoms with Gasteiger partial charge in [-0.3, -0.25) is 9.08 Å². The molecule has 1 aromatic rings. The largest absolute Gasteiger partial charge is 0.329 e. The van der Waals surface area contributed by atoms with Crippen molar-refractivity contribution in [1.29, 1.82) is 5.26 Å². The van der Waals surface area contributed by atoms with Crippen molar-refractivity contribution in [2.45, 2.75) is 40.0 Å². The van der Waals surface area contributed by atoms with Gasteiger partial charge < -0.3 is 0 Å². The molecule has 2 saturated carbocycles. The predicted molar refractivity (Wildman–Crippen MR) is 121 cm³/mol. The Hall–Kier alpha value is -2.37. The molecule has 6 nitrogen and oxygen atoms in total. The number of carbonyl (C=O) groups is 1. The molecule has 0 saturated heterocycles. The highest BCUT2D eigenvalue weighted by atomic mass is 32.2. The van der Waals surface area contributed by atoms with Gasteiger partial charge in [0.2, 0.25) is 0 Å². The highest BCUT2D eigenvalue weighted by Gasteiger charge is 2.65. The standard InChI is InChI=1S/C23H24N2O4S2/c1-15-6-4-5-7-17(15)18(13-24)19-8-9-21(30-19)25-29-31(27,28)14-23-11-10-16(12-20(23)26)22(23,2)3/h4-9,16H,10-12,14H2,1-3H3/b19-18+,25-21?. The van der Waals surface area contributed by atoms with Crippen molar-refractivity contribution in [3.63, 3.8) is 0 Å². The molecule has 31 heavy (non-hydrogen) atoms. The first-order chi connectivity index (χ1) is 14.6. The third-order valence-corrected chi connectivity index (χ3v) is 9.30. The molecular formula is C23H24N2O4S2. The summed E-state index contributed by atoms with van der Waals surface area (Å²) >= 11 is 1.18. The number of thioether (sulfide) groups is 1. The molecule has 2 fully saturated rings. The van der Waals surface area contributed by atoms with Gasteiger partial charge in [-0.15, -0.1) is 0 Å². The monoisotopic (exact) mass is 456 g/mol. The van der Waals surface area contributed by atoms with Crippen LogP contribution in [0.25, 0.3) is 5.57 Å². The first-order valence-corrected chi connectivity index (χ1v) is 12.6. The van der Waals surface area contributed by atoms with Crippen LogP contribution in [0, 0.1) is 35.0 Å². The van der Waals surface area contributed by atoms with Gasteiger partial charge in [0.25, 0.3) is 0 Å². The average Bonchev–Trinajstić information content (AvgIpc) is 3.32. The SMILES string of the molecule is Cc1ccccc1/C(C#N)=C1\C=CC(=NOS(=O)(=O)CC23CCC(CC2=O)C3(C)C)S1. The van der Waals surface area contributed by atoms with E-state index in [4.69, 9.17) is 4.28 Å². The van der Waals surface area contributed by atoms with Gasteiger partial charge in [0.1, 0.15) is 22.6 Å². The normalized spacial score (nSPS) is 29.4. The van der Waals surface area contributed by atoms with E-state index in [2.05, 4.69) is 11.2 Å². The summed E-state index contributed by atoms with van der Waals surface area (Å²) in [5.41, 5.74) is 1.05. The van der Waals surface area contributed by atoms with Crippen LogP contribution in [0.5, 0.6) is 0 Å². The van der Waals surface area contributed by atoms with Crippen LogP contribution < -0.4 is 0 Å². The zero-order valence-corrected chi connectivity index (χ0v) is 19.3. The molecule has 0 radical (unpaired) electrons. The number of fused-ring (bicyclic) bond motifs is 2. The molecule has 162 valence electrons. The summed E-state index contributed by atoms with van der Waals surface area (Å²) in [7, 11) is -4.04. The van der Waals surface area contributed by atoms with E-state index in [9.17, 15) is 18.5 Å². The molecule has 0 N–H and O–H groups in total. The topological polar surface area (TPSA) is 96.6 Å². The van der Waals surface area contributed by atoms with E-state index in [1.165, 1.54) is 11.8 Å². The van der Waals surface area contributed by atoms with E-state index in [1.807, 2.05) is 45.0 Å². The van der Waals surface area contributed by atoms with Crippen LogP contribution in [-0.4, -0.2) is 25.0 Å². The van der Waals surface area contributed by atoms with Gasteiger partial charge in [0.05, 0.1) is 11.0 Å². The van der Waals surface area contributed by atoms with Crippen LogP contribution in [0.4, 0.5) is 0 Å². The van der Waals surface area contributed by atoms with Crippen LogP contribution in [0.2, 0.25) is 0 Å². The van der Waals surface area contributed by atoms with Gasteiger partial charge in [-0.25, -0.2) is 0 Å². The van der Waals surface area contributed by atoms with Gasteiger partial charge in [0.15, 0.2) is 0 Å². The molecule has 8 heteroatoms. The number of allylic oxidation sites excluding steroid dienone is 2. The number of aryl methyl sites for hydroxylation is 1. The van der Waals surface area contributed by atoms with Gasteiger partial charge in [-0.1, -0.05) is 55.0 Å². The molecule has 0 aromatic heterocycles. The lowest BCUT2D eigenvalue weighted by molar-refractivity contribution is -0.128. The molecule has 4 rings (SSSR count). The predicted octanol–water partition coefficient (Wildman–Crippen LogP) is 4.59. The van der Waals surface area contributed by atoms with E-state index in [0.29, 0.717) is 28.4 Å². The number of hydrogen-bond donors (Lipinski definition) is 0. The first-order valence-electron chi connectivity index (χ1n) is 10.2. The maximum absolute atomic E-state index is 12.7. The number of oxime groups is 1. The minimum Gasteiger partial charge on any atom is -0.299 e. The number of Topliss-reactive ketones (excluding diaryl/α,β-unsaturated/α-hetero) is 1. The summed E-state index contributed by atoms with van der Waals surface area (Å²) in [5, 5.41) is 13.8. The third kappa shape index (κ3) is 3.64. The molecule has 0 spiro atoms. The Kier molecular flexibility index (Phi) is 5.39. The van der Waals surface area contributed by atoms with Crippen molar-refractivity contribution >= 4 is 38.3 Å². The Morgan fingerprint density at radius 1 is 1.32 bits per heavy atom. The Labute approximate surface area is 187 Å². The van der Waals surface area contributed by atoms with Crippen molar-refractivity contribution in [1.82, 2.24) is 0 Å². The fourth-order valence-electron chi connectivity index (χ4n) is 5.14. The highest BCUT2D eigenvalue weighted by Crippen LogP contribution is 2.64. The Bertz CT molecular complexity index is 1190. The third-order valence-electron chi connectivity index (χ3n) is 7.17. The van der Waals surface area contributed by atoms with Gasteiger partial charge in [-0.05, 0) is 54.4 Å². The lowest BCUT2D eigenvalue weighted by atomic mass is 9.70. The summed E-state index contributed by atoms with van der Waals surface area (Å²) in [4.78, 5) is 13.3. The molecule has 2 atom stereocenters. The average molecular weight is 457 g/mol. The summed E-state index contributed by atoms with van der Waals surface area (Å²) < 4.78 is 30.4. The zero-order chi connectivity index (χ0) is 22.4.